The third-order valence-corrected chi connectivity index (χ3v) is 4.33. The molecule has 0 unspecified atom stereocenters. The fourth-order valence-corrected chi connectivity index (χ4v) is 2.76. The molecule has 3 rings (SSSR count). The maximum absolute atomic E-state index is 13.5. The van der Waals surface area contributed by atoms with Crippen LogP contribution >= 0.6 is 23.4 Å². The molecule has 1 saturated heterocycles. The highest BCUT2D eigenvalue weighted by atomic mass is 35.5. The molecule has 1 amide bonds. The summed E-state index contributed by atoms with van der Waals surface area (Å²) in [6.07, 6.45) is 1.45. The van der Waals surface area contributed by atoms with Crippen LogP contribution in [0.4, 0.5) is 4.39 Å². The first kappa shape index (κ1) is 17.4. The summed E-state index contributed by atoms with van der Waals surface area (Å²) in [4.78, 5) is 11.1. The number of nitrogens with one attached hydrogen (secondary N) is 1. The van der Waals surface area contributed by atoms with Crippen LogP contribution < -0.4 is 10.1 Å². The molecule has 0 aromatic heterocycles. The maximum Gasteiger partial charge on any atom is 0.236 e. The van der Waals surface area contributed by atoms with E-state index in [9.17, 15) is 9.18 Å². The van der Waals surface area contributed by atoms with Gasteiger partial charge in [0, 0.05) is 16.7 Å². The number of nitrogens with zero attached hydrogens (tertiary/aromatic N) is 2. The standard InChI is InChI=1S/C17H13ClFN3O2S/c18-13-4-1-11(2-5-13)9-24-15-7-14(19)6-3-12(15)8-20-22-17-21-16(23)10-25-17/h1-8H,9-10H2,(H,21,22,23). The van der Waals surface area contributed by atoms with Crippen molar-refractivity contribution in [3.8, 4) is 5.75 Å². The first-order valence-corrected chi connectivity index (χ1v) is 8.67. The van der Waals surface area contributed by atoms with Crippen LogP contribution in [-0.4, -0.2) is 23.0 Å². The number of carbonyl (C=O) groups excluding carboxylic acids is 1. The van der Waals surface area contributed by atoms with Crippen LogP contribution in [0.2, 0.25) is 5.02 Å². The van der Waals surface area contributed by atoms with Crippen LogP contribution in [-0.2, 0) is 11.4 Å². The lowest BCUT2D eigenvalue weighted by Gasteiger charge is -2.09. The minimum absolute atomic E-state index is 0.104. The highest BCUT2D eigenvalue weighted by Gasteiger charge is 2.16. The van der Waals surface area contributed by atoms with E-state index in [1.807, 2.05) is 12.1 Å². The van der Waals surface area contributed by atoms with Crippen molar-refractivity contribution in [3.63, 3.8) is 0 Å². The van der Waals surface area contributed by atoms with Gasteiger partial charge in [-0.05, 0) is 29.8 Å². The van der Waals surface area contributed by atoms with Gasteiger partial charge in [0.15, 0.2) is 5.17 Å². The Hall–Kier alpha value is -2.38. The van der Waals surface area contributed by atoms with Crippen molar-refractivity contribution in [2.75, 3.05) is 5.75 Å². The van der Waals surface area contributed by atoms with Gasteiger partial charge in [-0.3, -0.25) is 4.79 Å². The molecule has 1 fully saturated rings. The Bertz CT molecular complexity index is 840. The first-order valence-electron chi connectivity index (χ1n) is 7.30. The number of carbonyl (C=O) groups is 1. The number of thioether (sulfide) groups is 1. The number of hydrogen-bond acceptors (Lipinski definition) is 5. The van der Waals surface area contributed by atoms with Crippen LogP contribution in [0.3, 0.4) is 0 Å². The van der Waals surface area contributed by atoms with Gasteiger partial charge >= 0.3 is 0 Å². The van der Waals surface area contributed by atoms with Crippen molar-refractivity contribution in [2.24, 2.45) is 10.2 Å². The van der Waals surface area contributed by atoms with Crippen LogP contribution in [0.5, 0.6) is 5.75 Å². The molecule has 0 radical (unpaired) electrons. The van der Waals surface area contributed by atoms with E-state index in [1.54, 1.807) is 18.2 Å². The molecule has 1 heterocycles. The second-order valence-electron chi connectivity index (χ2n) is 5.08. The molecular formula is C17H13ClFN3O2S. The summed E-state index contributed by atoms with van der Waals surface area (Å²) in [5.41, 5.74) is 1.48. The molecule has 0 atom stereocenters. The summed E-state index contributed by atoms with van der Waals surface area (Å²) in [6.45, 7) is 0.266. The number of halogens is 2. The van der Waals surface area contributed by atoms with E-state index in [0.717, 1.165) is 5.56 Å². The highest BCUT2D eigenvalue weighted by molar-refractivity contribution is 8.15. The lowest BCUT2D eigenvalue weighted by Crippen LogP contribution is -2.19. The van der Waals surface area contributed by atoms with Gasteiger partial charge in [0.25, 0.3) is 0 Å². The molecule has 1 aliphatic rings. The Morgan fingerprint density at radius 2 is 2.08 bits per heavy atom. The minimum Gasteiger partial charge on any atom is -0.488 e. The van der Waals surface area contributed by atoms with Gasteiger partial charge in [-0.2, -0.15) is 5.10 Å². The second kappa shape index (κ2) is 8.13. The van der Waals surface area contributed by atoms with Gasteiger partial charge < -0.3 is 10.1 Å². The van der Waals surface area contributed by atoms with E-state index in [0.29, 0.717) is 27.3 Å². The number of hydrogen-bond donors (Lipinski definition) is 1. The number of amidine groups is 1. The van der Waals surface area contributed by atoms with Crippen molar-refractivity contribution < 1.29 is 13.9 Å². The zero-order valence-corrected chi connectivity index (χ0v) is 14.5. The summed E-state index contributed by atoms with van der Waals surface area (Å²) in [6, 6.07) is 11.3. The average Bonchev–Trinajstić information content (AvgIpc) is 3.01. The molecule has 1 N–H and O–H groups in total. The van der Waals surface area contributed by atoms with Crippen LogP contribution in [0.15, 0.2) is 52.7 Å². The van der Waals surface area contributed by atoms with E-state index in [2.05, 4.69) is 15.5 Å². The number of ether oxygens (including phenoxy) is 1. The van der Waals surface area contributed by atoms with Crippen molar-refractivity contribution in [1.29, 1.82) is 0 Å². The highest BCUT2D eigenvalue weighted by Crippen LogP contribution is 2.20. The molecule has 8 heteroatoms. The molecule has 1 aliphatic heterocycles. The normalized spacial score (nSPS) is 15.8. The zero-order valence-electron chi connectivity index (χ0n) is 12.9. The Morgan fingerprint density at radius 1 is 1.28 bits per heavy atom. The third-order valence-electron chi connectivity index (χ3n) is 3.21. The predicted molar refractivity (Wildman–Crippen MR) is 97.8 cm³/mol. The number of benzene rings is 2. The van der Waals surface area contributed by atoms with Gasteiger partial charge in [-0.15, -0.1) is 5.10 Å². The summed E-state index contributed by atoms with van der Waals surface area (Å²) in [7, 11) is 0. The first-order chi connectivity index (χ1) is 12.1. The molecule has 0 aliphatic carbocycles. The van der Waals surface area contributed by atoms with E-state index >= 15 is 0 Å². The molecular weight excluding hydrogens is 365 g/mol. The minimum atomic E-state index is -0.409. The van der Waals surface area contributed by atoms with Crippen molar-refractivity contribution in [1.82, 2.24) is 5.32 Å². The second-order valence-corrected chi connectivity index (χ2v) is 6.48. The smallest absolute Gasteiger partial charge is 0.236 e. The molecule has 0 spiro atoms. The van der Waals surface area contributed by atoms with Gasteiger partial charge in [0.2, 0.25) is 5.91 Å². The number of amides is 1. The summed E-state index contributed by atoms with van der Waals surface area (Å²) >= 11 is 7.12. The summed E-state index contributed by atoms with van der Waals surface area (Å²) in [5.74, 6) is 0.170. The fourth-order valence-electron chi connectivity index (χ4n) is 2.00. The van der Waals surface area contributed by atoms with Crippen molar-refractivity contribution in [3.05, 3.63) is 64.4 Å². The monoisotopic (exact) mass is 377 g/mol. The van der Waals surface area contributed by atoms with Crippen molar-refractivity contribution >= 4 is 40.7 Å². The Balaban J connectivity index is 1.71. The van der Waals surface area contributed by atoms with Crippen LogP contribution in [0.1, 0.15) is 11.1 Å². The van der Waals surface area contributed by atoms with Gasteiger partial charge in [-0.1, -0.05) is 35.5 Å². The van der Waals surface area contributed by atoms with E-state index < -0.39 is 5.82 Å². The molecule has 25 heavy (non-hydrogen) atoms. The summed E-state index contributed by atoms with van der Waals surface area (Å²) in [5, 5.41) is 11.5. The van der Waals surface area contributed by atoms with E-state index in [1.165, 1.54) is 30.1 Å². The van der Waals surface area contributed by atoms with Crippen molar-refractivity contribution in [2.45, 2.75) is 6.61 Å². The number of rotatable bonds is 5. The average molecular weight is 378 g/mol. The SMILES string of the molecule is O=C1CSC(=NN=Cc2ccc(F)cc2OCc2ccc(Cl)cc2)N1. The fraction of sp³-hybridized carbons (Fsp3) is 0.118. The molecule has 0 saturated carbocycles. The largest absolute Gasteiger partial charge is 0.488 e. The van der Waals surface area contributed by atoms with Crippen LogP contribution in [0, 0.1) is 5.82 Å². The zero-order chi connectivity index (χ0) is 17.6. The van der Waals surface area contributed by atoms with Gasteiger partial charge in [-0.25, -0.2) is 4.39 Å². The van der Waals surface area contributed by atoms with E-state index in [4.69, 9.17) is 16.3 Å². The Labute approximate surface area is 152 Å². The Kier molecular flexibility index (Phi) is 5.67. The topological polar surface area (TPSA) is 63.0 Å². The molecule has 2 aromatic carbocycles. The van der Waals surface area contributed by atoms with Crippen LogP contribution in [0.25, 0.3) is 0 Å². The quantitative estimate of drug-likeness (QED) is 0.639. The maximum atomic E-state index is 13.5. The lowest BCUT2D eigenvalue weighted by molar-refractivity contribution is -0.116. The Morgan fingerprint density at radius 3 is 2.80 bits per heavy atom. The summed E-state index contributed by atoms with van der Waals surface area (Å²) < 4.78 is 19.2. The molecule has 0 bridgehead atoms. The predicted octanol–water partition coefficient (Wildman–Crippen LogP) is 3.61. The molecule has 2 aromatic rings. The van der Waals surface area contributed by atoms with Gasteiger partial charge in [0.05, 0.1) is 12.0 Å². The molecule has 5 nitrogen and oxygen atoms in total. The van der Waals surface area contributed by atoms with Gasteiger partial charge in [0.1, 0.15) is 18.2 Å². The molecule has 128 valence electrons. The van der Waals surface area contributed by atoms with E-state index in [-0.39, 0.29) is 12.5 Å². The lowest BCUT2D eigenvalue weighted by atomic mass is 10.2. The third kappa shape index (κ3) is 5.04.